The zero-order chi connectivity index (χ0) is 17.6. The maximum Gasteiger partial charge on any atom is 0.251 e. The second-order valence-corrected chi connectivity index (χ2v) is 6.54. The lowest BCUT2D eigenvalue weighted by Crippen LogP contribution is -2.49. The Morgan fingerprint density at radius 2 is 1.57 bits per heavy atom. The van der Waals surface area contributed by atoms with Crippen molar-refractivity contribution < 1.29 is 9.59 Å². The van der Waals surface area contributed by atoms with E-state index in [2.05, 4.69) is 19.2 Å². The summed E-state index contributed by atoms with van der Waals surface area (Å²) >= 11 is 0. The van der Waals surface area contributed by atoms with Gasteiger partial charge in [0.25, 0.3) is 5.91 Å². The van der Waals surface area contributed by atoms with E-state index in [9.17, 15) is 9.59 Å². The number of amides is 2. The molecule has 0 aliphatic heterocycles. The second-order valence-electron chi connectivity index (χ2n) is 6.54. The van der Waals surface area contributed by atoms with Crippen molar-refractivity contribution in [2.24, 2.45) is 5.92 Å². The van der Waals surface area contributed by atoms with Crippen molar-refractivity contribution >= 4 is 11.8 Å². The van der Waals surface area contributed by atoms with Gasteiger partial charge in [-0.05, 0) is 52.2 Å². The quantitative estimate of drug-likeness (QED) is 0.838. The molecular formula is C19H30N2O2. The highest BCUT2D eigenvalue weighted by Crippen LogP contribution is 2.12. The van der Waals surface area contributed by atoms with Crippen LogP contribution in [0.25, 0.3) is 0 Å². The molecule has 1 atom stereocenters. The molecule has 0 fully saturated rings. The van der Waals surface area contributed by atoms with Gasteiger partial charge in [-0.15, -0.1) is 0 Å². The molecule has 23 heavy (non-hydrogen) atoms. The van der Waals surface area contributed by atoms with Gasteiger partial charge >= 0.3 is 0 Å². The first-order valence-corrected chi connectivity index (χ1v) is 8.46. The molecule has 1 rings (SSSR count). The van der Waals surface area contributed by atoms with Gasteiger partial charge in [-0.25, -0.2) is 0 Å². The van der Waals surface area contributed by atoms with Crippen molar-refractivity contribution in [3.05, 3.63) is 34.9 Å². The molecule has 2 amide bonds. The van der Waals surface area contributed by atoms with Crippen LogP contribution >= 0.6 is 0 Å². The second kappa shape index (κ2) is 8.70. The van der Waals surface area contributed by atoms with Crippen molar-refractivity contribution in [3.63, 3.8) is 0 Å². The van der Waals surface area contributed by atoms with E-state index >= 15 is 0 Å². The van der Waals surface area contributed by atoms with Crippen molar-refractivity contribution in [2.45, 2.75) is 54.0 Å². The van der Waals surface area contributed by atoms with Gasteiger partial charge in [0.2, 0.25) is 5.91 Å². The number of benzene rings is 1. The molecule has 4 heteroatoms. The largest absolute Gasteiger partial charge is 0.341 e. The molecule has 0 spiro atoms. The summed E-state index contributed by atoms with van der Waals surface area (Å²) in [6.45, 7) is 13.3. The van der Waals surface area contributed by atoms with Crippen LogP contribution in [0, 0.1) is 19.8 Å². The predicted octanol–water partition coefficient (Wildman–Crippen LogP) is 3.32. The summed E-state index contributed by atoms with van der Waals surface area (Å²) in [7, 11) is 0. The predicted molar refractivity (Wildman–Crippen MR) is 94.6 cm³/mol. The fraction of sp³-hybridized carbons (Fsp3) is 0.579. The summed E-state index contributed by atoms with van der Waals surface area (Å²) in [5, 5.41) is 2.94. The Labute approximate surface area is 140 Å². The van der Waals surface area contributed by atoms with E-state index in [0.717, 1.165) is 11.1 Å². The third-order valence-electron chi connectivity index (χ3n) is 3.87. The number of carbonyl (C=O) groups is 2. The normalized spacial score (nSPS) is 12.1. The monoisotopic (exact) mass is 318 g/mol. The summed E-state index contributed by atoms with van der Waals surface area (Å²) in [5.74, 6) is 0.156. The van der Waals surface area contributed by atoms with Crippen LogP contribution in [-0.2, 0) is 4.79 Å². The van der Waals surface area contributed by atoms with Crippen LogP contribution in [0.1, 0.15) is 55.6 Å². The van der Waals surface area contributed by atoms with E-state index in [0.29, 0.717) is 31.0 Å². The Kier molecular flexibility index (Phi) is 7.27. The molecule has 0 unspecified atom stereocenters. The Morgan fingerprint density at radius 1 is 1.04 bits per heavy atom. The van der Waals surface area contributed by atoms with Gasteiger partial charge < -0.3 is 10.2 Å². The Hall–Kier alpha value is -1.84. The molecule has 4 nitrogen and oxygen atoms in total. The summed E-state index contributed by atoms with van der Waals surface area (Å²) in [4.78, 5) is 27.0. The highest BCUT2D eigenvalue weighted by atomic mass is 16.2. The summed E-state index contributed by atoms with van der Waals surface area (Å²) in [5.41, 5.74) is 2.71. The van der Waals surface area contributed by atoms with Gasteiger partial charge in [-0.3, -0.25) is 9.59 Å². The maximum atomic E-state index is 12.7. The van der Waals surface area contributed by atoms with E-state index < -0.39 is 6.04 Å². The fourth-order valence-corrected chi connectivity index (χ4v) is 2.80. The van der Waals surface area contributed by atoms with Gasteiger partial charge in [0, 0.05) is 18.7 Å². The average molecular weight is 318 g/mol. The van der Waals surface area contributed by atoms with Crippen LogP contribution in [0.2, 0.25) is 0 Å². The maximum absolute atomic E-state index is 12.7. The standard InChI is InChI=1S/C19H30N2O2/c1-7-21(8-2)19(23)17(9-13(3)4)20-18(22)16-11-14(5)10-15(6)12-16/h10-13,17H,7-9H2,1-6H3,(H,20,22)/t17-/m0/s1. The number of carbonyl (C=O) groups excluding carboxylic acids is 2. The van der Waals surface area contributed by atoms with Crippen LogP contribution in [0.3, 0.4) is 0 Å². The molecule has 0 saturated carbocycles. The number of aryl methyl sites for hydroxylation is 2. The van der Waals surface area contributed by atoms with Gasteiger partial charge in [0.15, 0.2) is 0 Å². The number of nitrogens with zero attached hydrogens (tertiary/aromatic N) is 1. The van der Waals surface area contributed by atoms with Crippen molar-refractivity contribution in [1.29, 1.82) is 0 Å². The van der Waals surface area contributed by atoms with Gasteiger partial charge in [-0.2, -0.15) is 0 Å². The molecule has 1 N–H and O–H groups in total. The van der Waals surface area contributed by atoms with E-state index in [4.69, 9.17) is 0 Å². The molecule has 1 aromatic rings. The van der Waals surface area contributed by atoms with E-state index in [1.54, 1.807) is 4.90 Å². The van der Waals surface area contributed by atoms with E-state index in [1.807, 2.05) is 45.9 Å². The molecule has 1 aromatic carbocycles. The first kappa shape index (κ1) is 19.2. The average Bonchev–Trinajstić information content (AvgIpc) is 2.46. The minimum Gasteiger partial charge on any atom is -0.341 e. The van der Waals surface area contributed by atoms with Gasteiger partial charge in [-0.1, -0.05) is 31.0 Å². The number of hydrogen-bond acceptors (Lipinski definition) is 2. The minimum absolute atomic E-state index is 0.00132. The lowest BCUT2D eigenvalue weighted by atomic mass is 10.0. The topological polar surface area (TPSA) is 49.4 Å². The lowest BCUT2D eigenvalue weighted by Gasteiger charge is -2.27. The Bertz CT molecular complexity index is 528. The van der Waals surface area contributed by atoms with Crippen molar-refractivity contribution in [3.8, 4) is 0 Å². The molecule has 128 valence electrons. The molecule has 0 aliphatic carbocycles. The van der Waals surface area contributed by atoms with Crippen LogP contribution in [0.15, 0.2) is 18.2 Å². The number of nitrogens with one attached hydrogen (secondary N) is 1. The minimum atomic E-state index is -0.469. The Morgan fingerprint density at radius 3 is 2.00 bits per heavy atom. The van der Waals surface area contributed by atoms with Crippen LogP contribution in [0.5, 0.6) is 0 Å². The third-order valence-corrected chi connectivity index (χ3v) is 3.87. The molecule has 0 bridgehead atoms. The SMILES string of the molecule is CCN(CC)C(=O)[C@H](CC(C)C)NC(=O)c1cc(C)cc(C)c1. The smallest absolute Gasteiger partial charge is 0.251 e. The molecule has 0 radical (unpaired) electrons. The molecule has 0 aromatic heterocycles. The molecule has 0 saturated heterocycles. The fourth-order valence-electron chi connectivity index (χ4n) is 2.80. The summed E-state index contributed by atoms with van der Waals surface area (Å²) < 4.78 is 0. The number of rotatable bonds is 7. The van der Waals surface area contributed by atoms with Gasteiger partial charge in [0.1, 0.15) is 6.04 Å². The highest BCUT2D eigenvalue weighted by Gasteiger charge is 2.25. The van der Waals surface area contributed by atoms with Crippen molar-refractivity contribution in [1.82, 2.24) is 10.2 Å². The molecule has 0 heterocycles. The zero-order valence-corrected chi connectivity index (χ0v) is 15.3. The summed E-state index contributed by atoms with van der Waals surface area (Å²) in [6.07, 6.45) is 0.645. The van der Waals surface area contributed by atoms with Crippen LogP contribution in [-0.4, -0.2) is 35.8 Å². The summed E-state index contributed by atoms with van der Waals surface area (Å²) in [6, 6.07) is 5.28. The lowest BCUT2D eigenvalue weighted by molar-refractivity contribution is -0.133. The van der Waals surface area contributed by atoms with E-state index in [1.165, 1.54) is 0 Å². The van der Waals surface area contributed by atoms with Crippen LogP contribution in [0.4, 0.5) is 0 Å². The van der Waals surface area contributed by atoms with Gasteiger partial charge in [0.05, 0.1) is 0 Å². The highest BCUT2D eigenvalue weighted by molar-refractivity contribution is 5.97. The Balaban J connectivity index is 2.95. The first-order valence-electron chi connectivity index (χ1n) is 8.46. The van der Waals surface area contributed by atoms with E-state index in [-0.39, 0.29) is 11.8 Å². The molecular weight excluding hydrogens is 288 g/mol. The third kappa shape index (κ3) is 5.70. The number of likely N-dealkylation sites (N-methyl/N-ethyl adjacent to an activating group) is 1. The number of hydrogen-bond donors (Lipinski definition) is 1. The van der Waals surface area contributed by atoms with Crippen LogP contribution < -0.4 is 5.32 Å². The zero-order valence-electron chi connectivity index (χ0n) is 15.3. The first-order chi connectivity index (χ1) is 10.8. The van der Waals surface area contributed by atoms with Crippen molar-refractivity contribution in [2.75, 3.05) is 13.1 Å². The molecule has 0 aliphatic rings.